The number of amides is 1. The smallest absolute Gasteiger partial charge is 0.224 e. The molecule has 0 saturated carbocycles. The summed E-state index contributed by atoms with van der Waals surface area (Å²) in [4.78, 5) is 14.3. The monoisotopic (exact) mass is 381 g/mol. The number of benzene rings is 2. The Hall–Kier alpha value is -1.91. The Kier molecular flexibility index (Phi) is 8.59. The fourth-order valence-corrected chi connectivity index (χ4v) is 3.02. The molecule has 0 radical (unpaired) electrons. The van der Waals surface area contributed by atoms with Gasteiger partial charge in [-0.2, -0.15) is 0 Å². The molecule has 0 unspecified atom stereocenters. The normalized spacial score (nSPS) is 11.9. The van der Waals surface area contributed by atoms with Crippen molar-refractivity contribution in [2.75, 3.05) is 30.3 Å². The largest absolute Gasteiger partial charge is 0.399 e. The summed E-state index contributed by atoms with van der Waals surface area (Å²) < 4.78 is 0. The first-order valence-corrected chi connectivity index (χ1v) is 8.16. The second-order valence-corrected chi connectivity index (χ2v) is 5.99. The summed E-state index contributed by atoms with van der Waals surface area (Å²) in [7, 11) is 0. The summed E-state index contributed by atoms with van der Waals surface area (Å²) in [5.74, 6) is 0.0663. The van der Waals surface area contributed by atoms with Crippen LogP contribution in [0.15, 0.2) is 48.5 Å². The third kappa shape index (κ3) is 5.83. The molecule has 1 heterocycles. The predicted octanol–water partition coefficient (Wildman–Crippen LogP) is 3.22. The predicted molar refractivity (Wildman–Crippen MR) is 109 cm³/mol. The van der Waals surface area contributed by atoms with Crippen LogP contribution in [0.5, 0.6) is 0 Å². The van der Waals surface area contributed by atoms with Gasteiger partial charge in [0.2, 0.25) is 5.91 Å². The van der Waals surface area contributed by atoms with Gasteiger partial charge in [0.25, 0.3) is 0 Å². The second kappa shape index (κ2) is 10.2. The summed E-state index contributed by atoms with van der Waals surface area (Å²) in [5, 5.41) is 3.00. The van der Waals surface area contributed by atoms with Crippen molar-refractivity contribution in [2.24, 2.45) is 0 Å². The van der Waals surface area contributed by atoms with Gasteiger partial charge in [0.1, 0.15) is 0 Å². The van der Waals surface area contributed by atoms with E-state index in [2.05, 4.69) is 34.5 Å². The second-order valence-electron chi connectivity index (χ2n) is 5.99. The molecule has 1 aliphatic heterocycles. The molecule has 2 aromatic rings. The molecule has 0 atom stereocenters. The summed E-state index contributed by atoms with van der Waals surface area (Å²) in [6, 6.07) is 16.0. The molecule has 2 aromatic carbocycles. The van der Waals surface area contributed by atoms with Crippen LogP contribution < -0.4 is 16.0 Å². The zero-order valence-corrected chi connectivity index (χ0v) is 15.7. The molecule has 1 aliphatic rings. The first-order chi connectivity index (χ1) is 11.2. The summed E-state index contributed by atoms with van der Waals surface area (Å²) in [5.41, 5.74) is 10.1. The Morgan fingerprint density at radius 1 is 1.08 bits per heavy atom. The van der Waals surface area contributed by atoms with E-state index in [1.54, 1.807) is 0 Å². The Morgan fingerprint density at radius 3 is 2.56 bits per heavy atom. The quantitative estimate of drug-likeness (QED) is 0.596. The number of nitrogens with one attached hydrogen (secondary N) is 1. The molecule has 0 saturated heterocycles. The molecular weight excluding hydrogens is 357 g/mol. The maximum absolute atomic E-state index is 11.9. The number of halogens is 2. The maximum atomic E-state index is 11.9. The summed E-state index contributed by atoms with van der Waals surface area (Å²) in [6.07, 6.45) is 2.49. The highest BCUT2D eigenvalue weighted by Crippen LogP contribution is 2.27. The van der Waals surface area contributed by atoms with Crippen LogP contribution >= 0.6 is 24.8 Å². The molecule has 0 bridgehead atoms. The van der Waals surface area contributed by atoms with Gasteiger partial charge < -0.3 is 16.0 Å². The number of rotatable bonds is 6. The van der Waals surface area contributed by atoms with Crippen molar-refractivity contribution >= 4 is 42.1 Å². The van der Waals surface area contributed by atoms with Crippen molar-refractivity contribution in [3.8, 4) is 0 Å². The lowest BCUT2D eigenvalue weighted by Crippen LogP contribution is -2.30. The number of anilines is 2. The van der Waals surface area contributed by atoms with Crippen LogP contribution in [0.3, 0.4) is 0 Å². The zero-order chi connectivity index (χ0) is 16.1. The number of nitrogens with two attached hydrogens (primary N) is 1. The van der Waals surface area contributed by atoms with E-state index >= 15 is 0 Å². The third-order valence-corrected chi connectivity index (χ3v) is 4.25. The van der Waals surface area contributed by atoms with Crippen LogP contribution in [0, 0.1) is 0 Å². The molecule has 1 amide bonds. The number of fused-ring (bicyclic) bond motifs is 1. The third-order valence-electron chi connectivity index (χ3n) is 4.25. The Morgan fingerprint density at radius 2 is 1.80 bits per heavy atom. The van der Waals surface area contributed by atoms with Crippen molar-refractivity contribution in [3.63, 3.8) is 0 Å². The number of nitrogen functional groups attached to an aromatic ring is 1. The lowest BCUT2D eigenvalue weighted by molar-refractivity contribution is -0.120. The van der Waals surface area contributed by atoms with Gasteiger partial charge in [-0.05, 0) is 42.2 Å². The van der Waals surface area contributed by atoms with E-state index in [0.29, 0.717) is 13.0 Å². The highest BCUT2D eigenvalue weighted by Gasteiger charge is 2.17. The van der Waals surface area contributed by atoms with Crippen molar-refractivity contribution in [2.45, 2.75) is 19.3 Å². The van der Waals surface area contributed by atoms with E-state index in [4.69, 9.17) is 5.73 Å². The molecule has 3 rings (SSSR count). The Bertz CT molecular complexity index is 677. The minimum absolute atomic E-state index is 0. The molecule has 25 heavy (non-hydrogen) atoms. The van der Waals surface area contributed by atoms with Crippen LogP contribution in [-0.4, -0.2) is 25.5 Å². The topological polar surface area (TPSA) is 58.4 Å². The molecule has 0 spiro atoms. The number of nitrogens with zero attached hydrogens (tertiary/aromatic N) is 1. The molecule has 6 heteroatoms. The van der Waals surface area contributed by atoms with Crippen LogP contribution in [-0.2, 0) is 17.6 Å². The van der Waals surface area contributed by atoms with Crippen molar-refractivity contribution in [1.82, 2.24) is 5.32 Å². The number of hydrogen-bond acceptors (Lipinski definition) is 3. The highest BCUT2D eigenvalue weighted by atomic mass is 35.5. The molecule has 0 fully saturated rings. The minimum Gasteiger partial charge on any atom is -0.399 e. The molecule has 3 N–H and O–H groups in total. The average molecular weight is 382 g/mol. The molecule has 136 valence electrons. The highest BCUT2D eigenvalue weighted by molar-refractivity contribution is 5.85. The number of hydrogen-bond donors (Lipinski definition) is 2. The average Bonchev–Trinajstić information content (AvgIpc) is 2.97. The van der Waals surface area contributed by atoms with E-state index in [9.17, 15) is 4.79 Å². The SMILES string of the molecule is Cl.Cl.Nc1ccc(CC(=O)NCCCN2CCc3ccccc32)cc1. The van der Waals surface area contributed by atoms with Crippen LogP contribution in [0.1, 0.15) is 17.5 Å². The van der Waals surface area contributed by atoms with Gasteiger partial charge in [-0.1, -0.05) is 30.3 Å². The van der Waals surface area contributed by atoms with Gasteiger partial charge >= 0.3 is 0 Å². The van der Waals surface area contributed by atoms with Gasteiger partial charge in [0.15, 0.2) is 0 Å². The Labute approximate surface area is 161 Å². The van der Waals surface area contributed by atoms with E-state index in [-0.39, 0.29) is 30.7 Å². The summed E-state index contributed by atoms with van der Waals surface area (Å²) >= 11 is 0. The van der Waals surface area contributed by atoms with Crippen LogP contribution in [0.4, 0.5) is 11.4 Å². The maximum Gasteiger partial charge on any atom is 0.224 e. The van der Waals surface area contributed by atoms with Crippen LogP contribution in [0.25, 0.3) is 0 Å². The zero-order valence-electron chi connectivity index (χ0n) is 14.1. The first kappa shape index (κ1) is 21.1. The van der Waals surface area contributed by atoms with E-state index < -0.39 is 0 Å². The fourth-order valence-electron chi connectivity index (χ4n) is 3.02. The lowest BCUT2D eigenvalue weighted by atomic mass is 10.1. The van der Waals surface area contributed by atoms with Gasteiger partial charge in [-0.15, -0.1) is 24.8 Å². The lowest BCUT2D eigenvalue weighted by Gasteiger charge is -2.19. The van der Waals surface area contributed by atoms with Crippen molar-refractivity contribution in [1.29, 1.82) is 0 Å². The first-order valence-electron chi connectivity index (χ1n) is 8.16. The van der Waals surface area contributed by atoms with E-state index in [0.717, 1.165) is 37.2 Å². The van der Waals surface area contributed by atoms with Gasteiger partial charge in [-0.3, -0.25) is 4.79 Å². The molecule has 0 aliphatic carbocycles. The number of para-hydroxylation sites is 1. The Balaban J connectivity index is 0.00000156. The molecular formula is C19H25Cl2N3O. The standard InChI is InChI=1S/C19H23N3O.2ClH/c20-17-8-6-15(7-9-17)14-19(23)21-11-3-12-22-13-10-16-4-1-2-5-18(16)22;;/h1-2,4-9H,3,10-14,20H2,(H,21,23);2*1H. The van der Waals surface area contributed by atoms with Gasteiger partial charge in [0, 0.05) is 31.0 Å². The van der Waals surface area contributed by atoms with Crippen molar-refractivity contribution in [3.05, 3.63) is 59.7 Å². The van der Waals surface area contributed by atoms with E-state index in [1.165, 1.54) is 11.3 Å². The number of carbonyl (C=O) groups excluding carboxylic acids is 1. The fraction of sp³-hybridized carbons (Fsp3) is 0.316. The van der Waals surface area contributed by atoms with Crippen LogP contribution in [0.2, 0.25) is 0 Å². The number of carbonyl (C=O) groups is 1. The molecule has 0 aromatic heterocycles. The van der Waals surface area contributed by atoms with Gasteiger partial charge in [0.05, 0.1) is 6.42 Å². The molecule has 4 nitrogen and oxygen atoms in total. The van der Waals surface area contributed by atoms with Crippen molar-refractivity contribution < 1.29 is 4.79 Å². The van der Waals surface area contributed by atoms with E-state index in [1.807, 2.05) is 24.3 Å². The minimum atomic E-state index is 0. The van der Waals surface area contributed by atoms with Gasteiger partial charge in [-0.25, -0.2) is 0 Å². The summed E-state index contributed by atoms with van der Waals surface area (Å²) in [6.45, 7) is 2.78.